The van der Waals surface area contributed by atoms with E-state index in [4.69, 9.17) is 34.8 Å². The molecule has 6 heteroatoms. The van der Waals surface area contributed by atoms with Gasteiger partial charge in [-0.3, -0.25) is 9.59 Å². The Hall–Kier alpha value is -0.770. The van der Waals surface area contributed by atoms with E-state index in [1.165, 1.54) is 19.1 Å². The van der Waals surface area contributed by atoms with Crippen LogP contribution in [-0.2, 0) is 9.59 Å². The summed E-state index contributed by atoms with van der Waals surface area (Å²) in [4.78, 5) is 22.3. The van der Waals surface area contributed by atoms with Crippen molar-refractivity contribution in [1.82, 2.24) is 0 Å². The van der Waals surface area contributed by atoms with Gasteiger partial charge in [-0.1, -0.05) is 23.2 Å². The van der Waals surface area contributed by atoms with E-state index in [0.29, 0.717) is 15.7 Å². The number of carbonyl (C=O) groups is 2. The highest BCUT2D eigenvalue weighted by atomic mass is 35.5. The number of halogens is 3. The number of benzene rings is 1. The molecule has 0 fully saturated rings. The quantitative estimate of drug-likeness (QED) is 0.683. The second kappa shape index (κ2) is 5.53. The standard InChI is InChI=1S/C10H8Cl3NO2/c1-5(15)9(13)10(16)14-6-2-3-7(11)8(12)4-6/h2-4,9H,1H3,(H,14,16). The topological polar surface area (TPSA) is 46.2 Å². The number of ketones is 1. The first-order valence-corrected chi connectivity index (χ1v) is 5.51. The first-order valence-electron chi connectivity index (χ1n) is 4.32. The predicted octanol–water partition coefficient (Wildman–Crippen LogP) is 3.13. The van der Waals surface area contributed by atoms with Gasteiger partial charge in [0.1, 0.15) is 0 Å². The van der Waals surface area contributed by atoms with Crippen LogP contribution in [0.3, 0.4) is 0 Å². The summed E-state index contributed by atoms with van der Waals surface area (Å²) in [7, 11) is 0. The third kappa shape index (κ3) is 3.37. The molecule has 1 aromatic carbocycles. The van der Waals surface area contributed by atoms with Crippen molar-refractivity contribution < 1.29 is 9.59 Å². The van der Waals surface area contributed by atoms with Crippen molar-refractivity contribution >= 4 is 52.2 Å². The second-order valence-electron chi connectivity index (χ2n) is 3.09. The molecule has 1 N–H and O–H groups in total. The van der Waals surface area contributed by atoms with Crippen molar-refractivity contribution in [1.29, 1.82) is 0 Å². The second-order valence-corrected chi connectivity index (χ2v) is 4.34. The van der Waals surface area contributed by atoms with Crippen LogP contribution in [0.2, 0.25) is 10.0 Å². The monoisotopic (exact) mass is 279 g/mol. The summed E-state index contributed by atoms with van der Waals surface area (Å²) in [6.45, 7) is 1.24. The number of rotatable bonds is 3. The Bertz CT molecular complexity index is 434. The van der Waals surface area contributed by atoms with Crippen molar-refractivity contribution in [3.63, 3.8) is 0 Å². The molecule has 1 atom stereocenters. The number of Topliss-reactive ketones (excluding diaryl/α,β-unsaturated/α-hetero) is 1. The van der Waals surface area contributed by atoms with E-state index in [-0.39, 0.29) is 0 Å². The van der Waals surface area contributed by atoms with Crippen LogP contribution in [0.25, 0.3) is 0 Å². The average molecular weight is 281 g/mol. The van der Waals surface area contributed by atoms with Gasteiger partial charge in [-0.15, -0.1) is 11.6 Å². The van der Waals surface area contributed by atoms with Crippen LogP contribution in [0.15, 0.2) is 18.2 Å². The Labute approximate surface area is 108 Å². The largest absolute Gasteiger partial charge is 0.324 e. The van der Waals surface area contributed by atoms with Crippen molar-refractivity contribution in [3.8, 4) is 0 Å². The lowest BCUT2D eigenvalue weighted by molar-refractivity contribution is -0.123. The fraction of sp³-hybridized carbons (Fsp3) is 0.200. The highest BCUT2D eigenvalue weighted by Gasteiger charge is 2.20. The third-order valence-electron chi connectivity index (χ3n) is 1.77. The number of anilines is 1. The molecule has 0 bridgehead atoms. The van der Waals surface area contributed by atoms with Crippen LogP contribution < -0.4 is 5.32 Å². The molecule has 0 aliphatic rings. The number of alkyl halides is 1. The molecule has 1 unspecified atom stereocenters. The van der Waals surface area contributed by atoms with Crippen molar-refractivity contribution in [2.75, 3.05) is 5.32 Å². The van der Waals surface area contributed by atoms with Gasteiger partial charge in [0.05, 0.1) is 10.0 Å². The number of amides is 1. The zero-order chi connectivity index (χ0) is 12.3. The van der Waals surface area contributed by atoms with E-state index >= 15 is 0 Å². The molecule has 0 spiro atoms. The number of carbonyl (C=O) groups excluding carboxylic acids is 2. The van der Waals surface area contributed by atoms with Crippen molar-refractivity contribution in [3.05, 3.63) is 28.2 Å². The summed E-state index contributed by atoms with van der Waals surface area (Å²) < 4.78 is 0. The fourth-order valence-electron chi connectivity index (χ4n) is 0.964. The van der Waals surface area contributed by atoms with Crippen molar-refractivity contribution in [2.24, 2.45) is 0 Å². The zero-order valence-electron chi connectivity index (χ0n) is 8.26. The minimum absolute atomic E-state index is 0.313. The molecule has 1 rings (SSSR count). The van der Waals surface area contributed by atoms with Gasteiger partial charge in [0.2, 0.25) is 5.91 Å². The van der Waals surface area contributed by atoms with E-state index in [1.807, 2.05) is 0 Å². The van der Waals surface area contributed by atoms with Gasteiger partial charge in [-0.05, 0) is 25.1 Å². The van der Waals surface area contributed by atoms with Gasteiger partial charge < -0.3 is 5.32 Å². The molecule has 0 aromatic heterocycles. The Morgan fingerprint density at radius 3 is 2.38 bits per heavy atom. The summed E-state index contributed by atoms with van der Waals surface area (Å²) in [5.41, 5.74) is 0.436. The lowest BCUT2D eigenvalue weighted by Gasteiger charge is -2.08. The van der Waals surface area contributed by atoms with Gasteiger partial charge in [0, 0.05) is 5.69 Å². The Kier molecular flexibility index (Phi) is 4.59. The molecule has 86 valence electrons. The van der Waals surface area contributed by atoms with Crippen molar-refractivity contribution in [2.45, 2.75) is 12.3 Å². The lowest BCUT2D eigenvalue weighted by atomic mass is 10.2. The molecule has 1 amide bonds. The number of nitrogens with one attached hydrogen (secondary N) is 1. The summed E-state index contributed by atoms with van der Waals surface area (Å²) in [5.74, 6) is -1.01. The molecule has 0 saturated carbocycles. The maximum Gasteiger partial charge on any atom is 0.250 e. The Morgan fingerprint density at radius 1 is 1.25 bits per heavy atom. The minimum atomic E-state index is -1.20. The van der Waals surface area contributed by atoms with Crippen LogP contribution in [0.1, 0.15) is 6.92 Å². The maximum atomic E-state index is 11.4. The molecule has 0 aliphatic carbocycles. The van der Waals surface area contributed by atoms with Crippen LogP contribution in [0.4, 0.5) is 5.69 Å². The molecule has 0 heterocycles. The van der Waals surface area contributed by atoms with Crippen LogP contribution in [0, 0.1) is 0 Å². The lowest BCUT2D eigenvalue weighted by Crippen LogP contribution is -2.28. The van der Waals surface area contributed by atoms with Crippen LogP contribution >= 0.6 is 34.8 Å². The summed E-state index contributed by atoms with van der Waals surface area (Å²) >= 11 is 17.0. The van der Waals surface area contributed by atoms with Gasteiger partial charge in [-0.25, -0.2) is 0 Å². The van der Waals surface area contributed by atoms with Gasteiger partial charge >= 0.3 is 0 Å². The molecule has 16 heavy (non-hydrogen) atoms. The Morgan fingerprint density at radius 2 is 1.88 bits per heavy atom. The molecular weight excluding hydrogens is 272 g/mol. The van der Waals surface area contributed by atoms with Crippen LogP contribution in [0.5, 0.6) is 0 Å². The summed E-state index contributed by atoms with van der Waals surface area (Å²) in [5, 5.41) is 1.95. The highest BCUT2D eigenvalue weighted by Crippen LogP contribution is 2.25. The van der Waals surface area contributed by atoms with E-state index in [2.05, 4.69) is 5.32 Å². The zero-order valence-corrected chi connectivity index (χ0v) is 10.5. The summed E-state index contributed by atoms with van der Waals surface area (Å²) in [6, 6.07) is 4.58. The minimum Gasteiger partial charge on any atom is -0.324 e. The Balaban J connectivity index is 2.77. The molecule has 3 nitrogen and oxygen atoms in total. The van der Waals surface area contributed by atoms with E-state index < -0.39 is 17.1 Å². The van der Waals surface area contributed by atoms with Gasteiger partial charge in [0.25, 0.3) is 0 Å². The SMILES string of the molecule is CC(=O)C(Cl)C(=O)Nc1ccc(Cl)c(Cl)c1. The molecular formula is C10H8Cl3NO2. The molecule has 0 radical (unpaired) electrons. The molecule has 0 saturated heterocycles. The smallest absolute Gasteiger partial charge is 0.250 e. The molecule has 1 aromatic rings. The first-order chi connectivity index (χ1) is 7.41. The first kappa shape index (κ1) is 13.3. The summed E-state index contributed by atoms with van der Waals surface area (Å²) in [6.07, 6.45) is 0. The normalized spacial score (nSPS) is 12.0. The number of hydrogen-bond donors (Lipinski definition) is 1. The van der Waals surface area contributed by atoms with E-state index in [0.717, 1.165) is 0 Å². The van der Waals surface area contributed by atoms with E-state index in [1.54, 1.807) is 6.07 Å². The predicted molar refractivity (Wildman–Crippen MR) is 65.4 cm³/mol. The highest BCUT2D eigenvalue weighted by molar-refractivity contribution is 6.43. The van der Waals surface area contributed by atoms with E-state index in [9.17, 15) is 9.59 Å². The average Bonchev–Trinajstić information content (AvgIpc) is 2.22. The number of hydrogen-bond acceptors (Lipinski definition) is 2. The maximum absolute atomic E-state index is 11.4. The molecule has 0 aliphatic heterocycles. The van der Waals surface area contributed by atoms with Crippen LogP contribution in [-0.4, -0.2) is 17.1 Å². The third-order valence-corrected chi connectivity index (χ3v) is 3.02. The fourth-order valence-corrected chi connectivity index (χ4v) is 1.32. The van der Waals surface area contributed by atoms with Gasteiger partial charge in [-0.2, -0.15) is 0 Å². The van der Waals surface area contributed by atoms with Gasteiger partial charge in [0.15, 0.2) is 11.2 Å².